The number of likely N-dealkylation sites (tertiary alicyclic amines) is 1. The zero-order valence-corrected chi connectivity index (χ0v) is 18.2. The normalized spacial score (nSPS) is 34.0. The zero-order valence-electron chi connectivity index (χ0n) is 18.2. The molecule has 0 radical (unpaired) electrons. The van der Waals surface area contributed by atoms with Gasteiger partial charge in [-0.1, -0.05) is 30.4 Å². The number of hydrogen-bond donors (Lipinski definition) is 0. The van der Waals surface area contributed by atoms with Gasteiger partial charge in [-0.3, -0.25) is 14.4 Å². The number of carbonyl (C=O) groups excluding carboxylic acids is 3. The quantitative estimate of drug-likeness (QED) is 0.677. The molecule has 7 heteroatoms. The van der Waals surface area contributed by atoms with Crippen LogP contribution in [0.3, 0.4) is 0 Å². The SMILES string of the molecule is CC(=O)ON1C(=O)CO[C@@H]2Cc3ccc(CCC(=O)N4CC5C6C=CC(C6)C5C4)cc3[C@@H]21. The molecule has 0 N–H and O–H groups in total. The first-order chi connectivity index (χ1) is 15.5. The number of carbonyl (C=O) groups is 3. The summed E-state index contributed by atoms with van der Waals surface area (Å²) in [6.45, 7) is 3.02. The first-order valence-electron chi connectivity index (χ1n) is 11.7. The van der Waals surface area contributed by atoms with Crippen molar-refractivity contribution in [3.8, 4) is 0 Å². The third-order valence-electron chi connectivity index (χ3n) is 8.09. The second-order valence-corrected chi connectivity index (χ2v) is 9.91. The molecule has 2 aliphatic heterocycles. The Hall–Kier alpha value is -2.67. The van der Waals surface area contributed by atoms with Crippen LogP contribution < -0.4 is 0 Å². The number of aryl methyl sites for hydroxylation is 1. The van der Waals surface area contributed by atoms with Gasteiger partial charge in [0.1, 0.15) is 12.6 Å². The largest absolute Gasteiger partial charge is 0.365 e. The summed E-state index contributed by atoms with van der Waals surface area (Å²) in [5.41, 5.74) is 3.10. The van der Waals surface area contributed by atoms with E-state index in [1.165, 1.54) is 18.4 Å². The Kier molecular flexibility index (Phi) is 4.64. The summed E-state index contributed by atoms with van der Waals surface area (Å²) in [6, 6.07) is 5.74. The lowest BCUT2D eigenvalue weighted by atomic mass is 9.86. The first-order valence-corrected chi connectivity index (χ1v) is 11.7. The molecule has 6 rings (SSSR count). The van der Waals surface area contributed by atoms with Crippen molar-refractivity contribution >= 4 is 17.8 Å². The minimum Gasteiger partial charge on any atom is -0.365 e. The molecule has 6 atom stereocenters. The maximum atomic E-state index is 12.9. The third-order valence-corrected chi connectivity index (χ3v) is 8.09. The van der Waals surface area contributed by atoms with E-state index < -0.39 is 12.0 Å². The molecule has 2 amide bonds. The maximum Gasteiger partial charge on any atom is 0.329 e. The van der Waals surface area contributed by atoms with Crippen LogP contribution in [0.4, 0.5) is 0 Å². The summed E-state index contributed by atoms with van der Waals surface area (Å²) in [6.07, 6.45) is 7.60. The molecule has 7 nitrogen and oxygen atoms in total. The molecular formula is C25H28N2O5. The highest BCUT2D eigenvalue weighted by molar-refractivity contribution is 5.80. The van der Waals surface area contributed by atoms with Gasteiger partial charge in [-0.15, -0.1) is 0 Å². The van der Waals surface area contributed by atoms with Crippen LogP contribution in [0, 0.1) is 23.7 Å². The molecule has 1 aromatic rings. The van der Waals surface area contributed by atoms with E-state index in [1.807, 2.05) is 0 Å². The molecule has 3 fully saturated rings. The number of hydroxylamine groups is 2. The standard InChI is InChI=1S/C25H28N2O5/c1-14(28)32-27-24(30)13-31-22-10-18-4-2-15(8-19(18)25(22)27)3-7-23(29)26-11-20-16-5-6-17(9-16)21(20)12-26/h2,4-6,8,16-17,20-22,25H,3,7,9-13H2,1H3/t16?,17?,20?,21?,22-,25+/m1/s1. The fourth-order valence-corrected chi connectivity index (χ4v) is 6.63. The van der Waals surface area contributed by atoms with Crippen LogP contribution in [0.15, 0.2) is 30.4 Å². The van der Waals surface area contributed by atoms with E-state index in [2.05, 4.69) is 35.3 Å². The second-order valence-electron chi connectivity index (χ2n) is 9.91. The number of hydrogen-bond acceptors (Lipinski definition) is 5. The summed E-state index contributed by atoms with van der Waals surface area (Å²) in [7, 11) is 0. The highest BCUT2D eigenvalue weighted by atomic mass is 16.7. The van der Waals surface area contributed by atoms with Crippen molar-refractivity contribution in [2.24, 2.45) is 23.7 Å². The van der Waals surface area contributed by atoms with Crippen molar-refractivity contribution in [2.75, 3.05) is 19.7 Å². The molecule has 4 unspecified atom stereocenters. The molecule has 168 valence electrons. The number of nitrogens with zero attached hydrogens (tertiary/aromatic N) is 2. The van der Waals surface area contributed by atoms with Crippen molar-refractivity contribution in [1.29, 1.82) is 0 Å². The number of amides is 2. The third kappa shape index (κ3) is 3.17. The van der Waals surface area contributed by atoms with Gasteiger partial charge in [-0.2, -0.15) is 5.06 Å². The van der Waals surface area contributed by atoms with E-state index in [9.17, 15) is 14.4 Å². The Morgan fingerprint density at radius 1 is 1.16 bits per heavy atom. The second kappa shape index (κ2) is 7.44. The van der Waals surface area contributed by atoms with Crippen LogP contribution in [0.25, 0.3) is 0 Å². The van der Waals surface area contributed by atoms with Crippen molar-refractivity contribution in [3.63, 3.8) is 0 Å². The fourth-order valence-electron chi connectivity index (χ4n) is 6.63. The van der Waals surface area contributed by atoms with Crippen LogP contribution in [-0.4, -0.2) is 53.5 Å². The minimum absolute atomic E-state index is 0.0845. The zero-order chi connectivity index (χ0) is 22.0. The minimum atomic E-state index is -0.520. The Labute approximate surface area is 187 Å². The highest BCUT2D eigenvalue weighted by Crippen LogP contribution is 2.51. The van der Waals surface area contributed by atoms with Crippen LogP contribution >= 0.6 is 0 Å². The molecule has 5 aliphatic rings. The Morgan fingerprint density at radius 2 is 1.91 bits per heavy atom. The average Bonchev–Trinajstić information content (AvgIpc) is 3.53. The van der Waals surface area contributed by atoms with Gasteiger partial charge in [-0.25, -0.2) is 0 Å². The molecule has 0 spiro atoms. The number of morpholine rings is 1. The van der Waals surface area contributed by atoms with Crippen LogP contribution in [0.1, 0.15) is 42.5 Å². The van der Waals surface area contributed by atoms with Gasteiger partial charge in [0.25, 0.3) is 5.91 Å². The van der Waals surface area contributed by atoms with Gasteiger partial charge >= 0.3 is 5.97 Å². The fraction of sp³-hybridized carbons (Fsp3) is 0.560. The predicted octanol–water partition coefficient (Wildman–Crippen LogP) is 2.20. The van der Waals surface area contributed by atoms with Crippen molar-refractivity contribution in [2.45, 2.75) is 44.8 Å². The van der Waals surface area contributed by atoms with Gasteiger partial charge in [0.15, 0.2) is 0 Å². The topological polar surface area (TPSA) is 76.1 Å². The van der Waals surface area contributed by atoms with Crippen molar-refractivity contribution < 1.29 is 24.0 Å². The molecule has 1 aromatic carbocycles. The lowest BCUT2D eigenvalue weighted by Gasteiger charge is -2.35. The summed E-state index contributed by atoms with van der Waals surface area (Å²) >= 11 is 0. The van der Waals surface area contributed by atoms with Crippen LogP contribution in [0.5, 0.6) is 0 Å². The predicted molar refractivity (Wildman–Crippen MR) is 114 cm³/mol. The number of benzene rings is 1. The summed E-state index contributed by atoms with van der Waals surface area (Å²) < 4.78 is 5.72. The van der Waals surface area contributed by atoms with E-state index >= 15 is 0 Å². The lowest BCUT2D eigenvalue weighted by Crippen LogP contribution is -2.48. The van der Waals surface area contributed by atoms with Crippen molar-refractivity contribution in [1.82, 2.24) is 9.96 Å². The van der Waals surface area contributed by atoms with Gasteiger partial charge in [-0.05, 0) is 53.2 Å². The summed E-state index contributed by atoms with van der Waals surface area (Å²) in [5, 5.41) is 1.18. The van der Waals surface area contributed by atoms with Gasteiger partial charge in [0, 0.05) is 32.9 Å². The summed E-state index contributed by atoms with van der Waals surface area (Å²) in [5.74, 6) is 2.02. The lowest BCUT2D eigenvalue weighted by molar-refractivity contribution is -0.231. The van der Waals surface area contributed by atoms with Crippen LogP contribution in [-0.2, 0) is 36.8 Å². The Morgan fingerprint density at radius 3 is 2.62 bits per heavy atom. The molecule has 2 saturated heterocycles. The monoisotopic (exact) mass is 436 g/mol. The first kappa shape index (κ1) is 20.0. The van der Waals surface area contributed by atoms with Gasteiger partial charge in [0.2, 0.25) is 5.91 Å². The van der Waals surface area contributed by atoms with E-state index in [0.717, 1.165) is 29.8 Å². The average molecular weight is 437 g/mol. The molecule has 2 bridgehead atoms. The maximum absolute atomic E-state index is 12.9. The summed E-state index contributed by atoms with van der Waals surface area (Å²) in [4.78, 5) is 44.1. The van der Waals surface area contributed by atoms with E-state index in [1.54, 1.807) is 0 Å². The smallest absolute Gasteiger partial charge is 0.329 e. The molecular weight excluding hydrogens is 408 g/mol. The molecule has 32 heavy (non-hydrogen) atoms. The molecule has 0 aromatic heterocycles. The molecule has 1 saturated carbocycles. The van der Waals surface area contributed by atoms with Crippen molar-refractivity contribution in [3.05, 3.63) is 47.0 Å². The Bertz CT molecular complexity index is 1000. The van der Waals surface area contributed by atoms with E-state index in [0.29, 0.717) is 42.9 Å². The van der Waals surface area contributed by atoms with E-state index in [4.69, 9.17) is 9.57 Å². The van der Waals surface area contributed by atoms with E-state index in [-0.39, 0.29) is 24.5 Å². The van der Waals surface area contributed by atoms with Crippen LogP contribution in [0.2, 0.25) is 0 Å². The number of allylic oxidation sites excluding steroid dienone is 2. The number of fused-ring (bicyclic) bond motifs is 8. The number of rotatable bonds is 4. The van der Waals surface area contributed by atoms with Gasteiger partial charge < -0.3 is 14.5 Å². The van der Waals surface area contributed by atoms with Gasteiger partial charge in [0.05, 0.1) is 6.10 Å². The molecule has 2 heterocycles. The molecule has 3 aliphatic carbocycles. The number of ether oxygens (including phenoxy) is 1. The highest BCUT2D eigenvalue weighted by Gasteiger charge is 2.50. The Balaban J connectivity index is 1.13.